The van der Waals surface area contributed by atoms with Gasteiger partial charge in [0, 0.05) is 35.9 Å². The molecule has 0 saturated heterocycles. The maximum Gasteiger partial charge on any atom is 0.248 e. The van der Waals surface area contributed by atoms with Crippen molar-refractivity contribution in [1.82, 2.24) is 14.8 Å². The number of fused-ring (bicyclic) bond motifs is 1. The third-order valence-electron chi connectivity index (χ3n) is 5.50. The van der Waals surface area contributed by atoms with Crippen molar-refractivity contribution in [3.63, 3.8) is 0 Å². The Kier molecular flexibility index (Phi) is 6.46. The molecule has 0 radical (unpaired) electrons. The summed E-state index contributed by atoms with van der Waals surface area (Å²) in [7, 11) is 0. The highest BCUT2D eigenvalue weighted by Gasteiger charge is 2.17. The lowest BCUT2D eigenvalue weighted by Crippen LogP contribution is -2.09. The zero-order chi connectivity index (χ0) is 21.6. The Hall–Kier alpha value is -3.41. The van der Waals surface area contributed by atoms with Crippen molar-refractivity contribution in [3.8, 4) is 17.1 Å². The molecule has 6 nitrogen and oxygen atoms in total. The molecule has 31 heavy (non-hydrogen) atoms. The highest BCUT2D eigenvalue weighted by Crippen LogP contribution is 2.27. The number of nitrogens with one attached hydrogen (secondary N) is 1. The summed E-state index contributed by atoms with van der Waals surface area (Å²) in [6, 6.07) is 13.7. The van der Waals surface area contributed by atoms with Gasteiger partial charge < -0.3 is 14.6 Å². The fourth-order valence-electron chi connectivity index (χ4n) is 3.84. The molecule has 2 aromatic carbocycles. The molecule has 1 amide bonds. The van der Waals surface area contributed by atoms with Crippen LogP contribution in [0.2, 0.25) is 0 Å². The number of aromatic nitrogens is 3. The molecule has 1 aromatic heterocycles. The highest BCUT2D eigenvalue weighted by molar-refractivity contribution is 6.02. The van der Waals surface area contributed by atoms with Gasteiger partial charge in [-0.3, -0.25) is 4.79 Å². The van der Waals surface area contributed by atoms with Crippen LogP contribution in [-0.4, -0.2) is 27.3 Å². The topological polar surface area (TPSA) is 69.0 Å². The van der Waals surface area contributed by atoms with Crippen LogP contribution in [0.5, 0.6) is 5.75 Å². The van der Waals surface area contributed by atoms with Gasteiger partial charge in [0.25, 0.3) is 0 Å². The van der Waals surface area contributed by atoms with Crippen LogP contribution in [0.1, 0.15) is 43.1 Å². The summed E-state index contributed by atoms with van der Waals surface area (Å²) >= 11 is 0. The fourth-order valence-corrected chi connectivity index (χ4v) is 3.84. The predicted octanol–water partition coefficient (Wildman–Crippen LogP) is 5.03. The summed E-state index contributed by atoms with van der Waals surface area (Å²) in [6.45, 7) is 5.44. The van der Waals surface area contributed by atoms with Crippen molar-refractivity contribution in [2.24, 2.45) is 0 Å². The van der Waals surface area contributed by atoms with Crippen LogP contribution in [0.25, 0.3) is 17.5 Å². The highest BCUT2D eigenvalue weighted by atomic mass is 16.5. The van der Waals surface area contributed by atoms with Gasteiger partial charge in [-0.25, -0.2) is 0 Å². The molecule has 0 atom stereocenters. The Morgan fingerprint density at radius 3 is 2.90 bits per heavy atom. The molecule has 3 aromatic rings. The van der Waals surface area contributed by atoms with Crippen molar-refractivity contribution in [1.29, 1.82) is 0 Å². The van der Waals surface area contributed by atoms with Gasteiger partial charge in [-0.1, -0.05) is 36.8 Å². The standard InChI is InChI=1S/C25H28N4O2/c1-3-31-22-10-7-6-9-19(22)14-15-24(30)26-21-17-20(13-12-18(21)2)25-28-27-23-11-5-4-8-16-29(23)25/h6-7,9-10,12-15,17H,3-5,8,11,16H2,1-2H3,(H,26,30)/b15-14+. The molecule has 0 saturated carbocycles. The van der Waals surface area contributed by atoms with Crippen molar-refractivity contribution in [2.45, 2.75) is 46.1 Å². The molecule has 6 heteroatoms. The molecule has 1 N–H and O–H groups in total. The largest absolute Gasteiger partial charge is 0.493 e. The Labute approximate surface area is 183 Å². The first-order valence-corrected chi connectivity index (χ1v) is 10.9. The molecule has 4 rings (SSSR count). The van der Waals surface area contributed by atoms with E-state index < -0.39 is 0 Å². The van der Waals surface area contributed by atoms with E-state index in [1.165, 1.54) is 12.5 Å². The number of amides is 1. The number of ether oxygens (including phenoxy) is 1. The van der Waals surface area contributed by atoms with E-state index in [9.17, 15) is 4.79 Å². The van der Waals surface area contributed by atoms with E-state index in [4.69, 9.17) is 4.74 Å². The van der Waals surface area contributed by atoms with E-state index in [0.29, 0.717) is 6.61 Å². The fraction of sp³-hybridized carbons (Fsp3) is 0.320. The number of aryl methyl sites for hydroxylation is 2. The van der Waals surface area contributed by atoms with Gasteiger partial charge in [0.1, 0.15) is 11.6 Å². The second-order valence-corrected chi connectivity index (χ2v) is 7.73. The first kappa shape index (κ1) is 20.8. The summed E-state index contributed by atoms with van der Waals surface area (Å²) in [4.78, 5) is 12.6. The van der Waals surface area contributed by atoms with Gasteiger partial charge in [-0.2, -0.15) is 0 Å². The smallest absolute Gasteiger partial charge is 0.248 e. The molecule has 0 unspecified atom stereocenters. The Morgan fingerprint density at radius 1 is 1.16 bits per heavy atom. The molecule has 160 valence electrons. The van der Waals surface area contributed by atoms with E-state index in [1.807, 2.05) is 56.3 Å². The summed E-state index contributed by atoms with van der Waals surface area (Å²) in [5.74, 6) is 2.49. The van der Waals surface area contributed by atoms with Gasteiger partial charge >= 0.3 is 0 Å². The molecule has 2 heterocycles. The van der Waals surface area contributed by atoms with Gasteiger partial charge in [-0.05, 0) is 50.5 Å². The number of nitrogens with zero attached hydrogens (tertiary/aromatic N) is 3. The third kappa shape index (κ3) is 4.85. The number of hydrogen-bond donors (Lipinski definition) is 1. The first-order valence-electron chi connectivity index (χ1n) is 10.9. The summed E-state index contributed by atoms with van der Waals surface area (Å²) < 4.78 is 7.84. The van der Waals surface area contributed by atoms with E-state index in [1.54, 1.807) is 6.08 Å². The summed E-state index contributed by atoms with van der Waals surface area (Å²) in [5, 5.41) is 11.8. The van der Waals surface area contributed by atoms with Crippen molar-refractivity contribution in [2.75, 3.05) is 11.9 Å². The molecule has 1 aliphatic heterocycles. The number of carbonyl (C=O) groups excluding carboxylic acids is 1. The van der Waals surface area contributed by atoms with E-state index >= 15 is 0 Å². The third-order valence-corrected chi connectivity index (χ3v) is 5.50. The maximum absolute atomic E-state index is 12.6. The van der Waals surface area contributed by atoms with Crippen molar-refractivity contribution < 1.29 is 9.53 Å². The van der Waals surface area contributed by atoms with Gasteiger partial charge in [0.05, 0.1) is 6.61 Å². The predicted molar refractivity (Wildman–Crippen MR) is 123 cm³/mol. The minimum Gasteiger partial charge on any atom is -0.493 e. The number of anilines is 1. The van der Waals surface area contributed by atoms with Crippen molar-refractivity contribution in [3.05, 3.63) is 65.5 Å². The number of hydrogen-bond acceptors (Lipinski definition) is 4. The minimum atomic E-state index is -0.188. The minimum absolute atomic E-state index is 0.188. The lowest BCUT2D eigenvalue weighted by molar-refractivity contribution is -0.111. The molecule has 0 bridgehead atoms. The number of benzene rings is 2. The number of carbonyl (C=O) groups is 1. The zero-order valence-corrected chi connectivity index (χ0v) is 18.1. The zero-order valence-electron chi connectivity index (χ0n) is 18.1. The molecular formula is C25H28N4O2. The van der Waals surface area contributed by atoms with Crippen LogP contribution in [0, 0.1) is 6.92 Å². The quantitative estimate of drug-likeness (QED) is 0.572. The molecule has 1 aliphatic rings. The average molecular weight is 417 g/mol. The average Bonchev–Trinajstić information content (AvgIpc) is 3.03. The molecule has 0 fully saturated rings. The Bertz CT molecular complexity index is 1100. The van der Waals surface area contributed by atoms with Crippen LogP contribution in [0.15, 0.2) is 48.5 Å². The Balaban J connectivity index is 1.53. The second-order valence-electron chi connectivity index (χ2n) is 7.73. The van der Waals surface area contributed by atoms with Gasteiger partial charge in [0.2, 0.25) is 5.91 Å². The van der Waals surface area contributed by atoms with Crippen LogP contribution in [0.4, 0.5) is 5.69 Å². The Morgan fingerprint density at radius 2 is 2.03 bits per heavy atom. The summed E-state index contributed by atoms with van der Waals surface area (Å²) in [5.41, 5.74) is 3.61. The first-order chi connectivity index (χ1) is 15.2. The molecular weight excluding hydrogens is 388 g/mol. The second kappa shape index (κ2) is 9.60. The maximum atomic E-state index is 12.6. The number of para-hydroxylation sites is 1. The van der Waals surface area contributed by atoms with Gasteiger partial charge in [0.15, 0.2) is 5.82 Å². The van der Waals surface area contributed by atoms with E-state index in [-0.39, 0.29) is 5.91 Å². The lowest BCUT2D eigenvalue weighted by Gasteiger charge is -2.11. The van der Waals surface area contributed by atoms with Crippen LogP contribution >= 0.6 is 0 Å². The van der Waals surface area contributed by atoms with Gasteiger partial charge in [-0.15, -0.1) is 10.2 Å². The summed E-state index contributed by atoms with van der Waals surface area (Å²) in [6.07, 6.45) is 7.80. The normalized spacial score (nSPS) is 13.6. The van der Waals surface area contributed by atoms with E-state index in [2.05, 4.69) is 20.1 Å². The molecule has 0 aliphatic carbocycles. The number of rotatable bonds is 6. The lowest BCUT2D eigenvalue weighted by atomic mass is 10.1. The SMILES string of the molecule is CCOc1ccccc1/C=C/C(=O)Nc1cc(-c2nnc3n2CCCCC3)ccc1C. The monoisotopic (exact) mass is 416 g/mol. The van der Waals surface area contributed by atoms with Crippen molar-refractivity contribution >= 4 is 17.7 Å². The van der Waals surface area contributed by atoms with E-state index in [0.717, 1.165) is 65.6 Å². The van der Waals surface area contributed by atoms with Crippen LogP contribution < -0.4 is 10.1 Å². The molecule has 0 spiro atoms. The van der Waals surface area contributed by atoms with Crippen LogP contribution in [0.3, 0.4) is 0 Å². The van der Waals surface area contributed by atoms with Crippen LogP contribution in [-0.2, 0) is 17.8 Å².